The van der Waals surface area contributed by atoms with Crippen LogP contribution in [0.15, 0.2) is 0 Å². The Labute approximate surface area is 121 Å². The standard InChI is InChI=1S/C2H8N2.2C2H4O2.CH6O6P2/c3-1-2-4;2*1-2(3)4;2-8(3,4)1-9(5,6)7/h1-4H2;2*1H3,(H,3,4);1H2,(H2,2,3,4)(H2,5,6,7). The third kappa shape index (κ3) is 149. The smallest absolute Gasteiger partial charge is 0.337 e. The summed E-state index contributed by atoms with van der Waals surface area (Å²) in [6.45, 7) is 3.36. The minimum Gasteiger partial charge on any atom is -0.481 e. The van der Waals surface area contributed by atoms with E-state index in [-0.39, 0.29) is 0 Å². The number of carbonyl (C=O) groups is 2. The molecule has 0 aromatic rings. The SMILES string of the molecule is CC(=O)O.CC(=O)O.NCCN.O=P(O)(O)CP(=O)(O)O. The van der Waals surface area contributed by atoms with Crippen molar-refractivity contribution in [2.24, 2.45) is 11.5 Å². The molecule has 0 atom stereocenters. The Hall–Kier alpha value is -0.840. The third-order valence-corrected chi connectivity index (χ3v) is 3.48. The largest absolute Gasteiger partial charge is 0.481 e. The number of hydrogen-bond donors (Lipinski definition) is 8. The molecular weight excluding hydrogens is 334 g/mol. The van der Waals surface area contributed by atoms with Gasteiger partial charge in [0.1, 0.15) is 0 Å². The van der Waals surface area contributed by atoms with Gasteiger partial charge in [0.05, 0.1) is 0 Å². The molecule has 0 aromatic heterocycles. The first-order valence-corrected chi connectivity index (χ1v) is 8.56. The van der Waals surface area contributed by atoms with Gasteiger partial charge in [-0.1, -0.05) is 0 Å². The molecule has 0 saturated carbocycles. The molecule has 0 fully saturated rings. The Morgan fingerprint density at radius 3 is 0.952 bits per heavy atom. The summed E-state index contributed by atoms with van der Waals surface area (Å²) >= 11 is 0. The molecule has 0 aliphatic rings. The van der Waals surface area contributed by atoms with Crippen LogP contribution in [-0.2, 0) is 18.7 Å². The summed E-state index contributed by atoms with van der Waals surface area (Å²) in [5.41, 5.74) is 9.81. The number of nitrogens with two attached hydrogens (primary N) is 2. The van der Waals surface area contributed by atoms with Crippen LogP contribution in [0.1, 0.15) is 13.8 Å². The molecule has 0 saturated heterocycles. The average Bonchev–Trinajstić information content (AvgIpc) is 2.10. The predicted molar refractivity (Wildman–Crippen MR) is 73.7 cm³/mol. The van der Waals surface area contributed by atoms with Crippen LogP contribution in [0.3, 0.4) is 0 Å². The molecule has 0 bridgehead atoms. The Morgan fingerprint density at radius 1 is 0.810 bits per heavy atom. The zero-order chi connectivity index (χ0) is 18.3. The van der Waals surface area contributed by atoms with Crippen LogP contribution in [0.4, 0.5) is 0 Å². The summed E-state index contributed by atoms with van der Waals surface area (Å²) in [5.74, 6) is -3.04. The van der Waals surface area contributed by atoms with E-state index in [0.717, 1.165) is 13.8 Å². The lowest BCUT2D eigenvalue weighted by Crippen LogP contribution is -2.11. The van der Waals surface area contributed by atoms with Gasteiger partial charge in [0.15, 0.2) is 5.90 Å². The lowest BCUT2D eigenvalue weighted by atomic mass is 10.7. The molecule has 21 heavy (non-hydrogen) atoms. The summed E-state index contributed by atoms with van der Waals surface area (Å²) in [6, 6.07) is 0. The van der Waals surface area contributed by atoms with Crippen LogP contribution in [0.2, 0.25) is 0 Å². The second-order valence-electron chi connectivity index (χ2n) is 3.09. The fraction of sp³-hybridized carbons (Fsp3) is 0.714. The van der Waals surface area contributed by atoms with Gasteiger partial charge in [0.25, 0.3) is 11.9 Å². The highest BCUT2D eigenvalue weighted by molar-refractivity contribution is 7.69. The molecule has 130 valence electrons. The van der Waals surface area contributed by atoms with Crippen molar-refractivity contribution in [1.82, 2.24) is 0 Å². The van der Waals surface area contributed by atoms with Gasteiger partial charge < -0.3 is 41.3 Å². The van der Waals surface area contributed by atoms with Gasteiger partial charge >= 0.3 is 15.2 Å². The van der Waals surface area contributed by atoms with Gasteiger partial charge in [-0.2, -0.15) is 0 Å². The molecule has 0 radical (unpaired) electrons. The van der Waals surface area contributed by atoms with Crippen LogP contribution in [-0.4, -0.2) is 60.7 Å². The van der Waals surface area contributed by atoms with E-state index in [2.05, 4.69) is 0 Å². The molecule has 14 heteroatoms. The lowest BCUT2D eigenvalue weighted by Gasteiger charge is -2.03. The van der Waals surface area contributed by atoms with Gasteiger partial charge in [-0.05, 0) is 0 Å². The first-order chi connectivity index (χ1) is 9.09. The van der Waals surface area contributed by atoms with Crippen molar-refractivity contribution in [3.63, 3.8) is 0 Å². The van der Waals surface area contributed by atoms with Gasteiger partial charge in [-0.15, -0.1) is 0 Å². The van der Waals surface area contributed by atoms with E-state index < -0.39 is 33.0 Å². The minimum atomic E-state index is -4.55. The van der Waals surface area contributed by atoms with Crippen LogP contribution < -0.4 is 11.5 Å². The first-order valence-electron chi connectivity index (χ1n) is 4.97. The van der Waals surface area contributed by atoms with Gasteiger partial charge in [0, 0.05) is 26.9 Å². The summed E-state index contributed by atoms with van der Waals surface area (Å²) in [5, 5.41) is 14.8. The normalized spacial score (nSPS) is 9.71. The molecule has 0 spiro atoms. The number of rotatable bonds is 3. The monoisotopic (exact) mass is 356 g/mol. The minimum absolute atomic E-state index is 0.597. The maximum atomic E-state index is 9.85. The Kier molecular flexibility index (Phi) is 21.0. The second-order valence-corrected chi connectivity index (χ2v) is 6.88. The third-order valence-electron chi connectivity index (χ3n) is 0.535. The van der Waals surface area contributed by atoms with Crippen molar-refractivity contribution in [1.29, 1.82) is 0 Å². The maximum absolute atomic E-state index is 9.85. The van der Waals surface area contributed by atoms with Gasteiger partial charge in [-0.25, -0.2) is 0 Å². The Bertz CT molecular complexity index is 320. The van der Waals surface area contributed by atoms with Crippen molar-refractivity contribution < 1.29 is 48.5 Å². The van der Waals surface area contributed by atoms with Gasteiger partial charge in [-0.3, -0.25) is 18.7 Å². The molecule has 10 N–H and O–H groups in total. The van der Waals surface area contributed by atoms with Crippen molar-refractivity contribution in [3.8, 4) is 0 Å². The van der Waals surface area contributed by atoms with Crippen LogP contribution >= 0.6 is 15.2 Å². The summed E-state index contributed by atoms with van der Waals surface area (Å²) in [6.07, 6.45) is 0. The fourth-order valence-corrected chi connectivity index (χ4v) is 2.16. The Balaban J connectivity index is -0.000000102. The first kappa shape index (κ1) is 28.3. The van der Waals surface area contributed by atoms with Crippen LogP contribution in [0, 0.1) is 0 Å². The van der Waals surface area contributed by atoms with Gasteiger partial charge in [0.2, 0.25) is 0 Å². The quantitative estimate of drug-likeness (QED) is 0.266. The topological polar surface area (TPSA) is 242 Å². The van der Waals surface area contributed by atoms with Crippen LogP contribution in [0.5, 0.6) is 0 Å². The van der Waals surface area contributed by atoms with Crippen LogP contribution in [0.25, 0.3) is 0 Å². The van der Waals surface area contributed by atoms with E-state index >= 15 is 0 Å². The van der Waals surface area contributed by atoms with E-state index in [1.165, 1.54) is 0 Å². The summed E-state index contributed by atoms with van der Waals surface area (Å²) < 4.78 is 19.7. The average molecular weight is 356 g/mol. The summed E-state index contributed by atoms with van der Waals surface area (Å²) in [4.78, 5) is 49.9. The molecule has 0 aromatic carbocycles. The van der Waals surface area contributed by atoms with E-state index in [4.69, 9.17) is 50.8 Å². The highest BCUT2D eigenvalue weighted by atomic mass is 31.2. The van der Waals surface area contributed by atoms with Crippen molar-refractivity contribution in [3.05, 3.63) is 0 Å². The zero-order valence-electron chi connectivity index (χ0n) is 11.5. The van der Waals surface area contributed by atoms with Crippen molar-refractivity contribution in [2.45, 2.75) is 13.8 Å². The molecule has 12 nitrogen and oxygen atoms in total. The molecular formula is C7H22N2O10P2. The number of aliphatic carboxylic acids is 2. The predicted octanol–water partition coefficient (Wildman–Crippen LogP) is -1.62. The molecule has 0 aliphatic heterocycles. The summed E-state index contributed by atoms with van der Waals surface area (Å²) in [7, 11) is -9.10. The molecule has 0 unspecified atom stereocenters. The molecule has 0 aliphatic carbocycles. The Morgan fingerprint density at radius 2 is 0.952 bits per heavy atom. The zero-order valence-corrected chi connectivity index (χ0v) is 13.3. The van der Waals surface area contributed by atoms with E-state index in [1.807, 2.05) is 0 Å². The number of hydrogen-bond acceptors (Lipinski definition) is 6. The molecule has 0 heterocycles. The second kappa shape index (κ2) is 15.5. The highest BCUT2D eigenvalue weighted by Crippen LogP contribution is 2.51. The highest BCUT2D eigenvalue weighted by Gasteiger charge is 2.26. The van der Waals surface area contributed by atoms with Crippen molar-refractivity contribution in [2.75, 3.05) is 19.0 Å². The lowest BCUT2D eigenvalue weighted by molar-refractivity contribution is -0.135. The maximum Gasteiger partial charge on any atom is 0.337 e. The number of carboxylic acids is 2. The molecule has 0 rings (SSSR count). The van der Waals surface area contributed by atoms with Crippen molar-refractivity contribution >= 4 is 27.1 Å². The fourth-order valence-electron chi connectivity index (χ4n) is 0.240. The number of carboxylic acid groups (broad SMARTS) is 2. The van der Waals surface area contributed by atoms with E-state index in [0.29, 0.717) is 13.1 Å². The van der Waals surface area contributed by atoms with E-state index in [1.54, 1.807) is 0 Å². The van der Waals surface area contributed by atoms with E-state index in [9.17, 15) is 9.13 Å². The molecule has 0 amide bonds.